The molecule has 218 valence electrons. The van der Waals surface area contributed by atoms with E-state index in [9.17, 15) is 19.5 Å². The molecule has 42 heavy (non-hydrogen) atoms. The molecule has 5 N–H and O–H groups in total. The van der Waals surface area contributed by atoms with Gasteiger partial charge in [-0.2, -0.15) is 0 Å². The monoisotopic (exact) mass is 586 g/mol. The number of anilines is 1. The summed E-state index contributed by atoms with van der Waals surface area (Å²) in [6, 6.07) is 12.1. The lowest BCUT2D eigenvalue weighted by atomic mass is 9.93. The number of carboxylic acid groups (broad SMARTS) is 1. The number of amides is 2. The van der Waals surface area contributed by atoms with Crippen molar-refractivity contribution in [2.24, 2.45) is 5.73 Å². The largest absolute Gasteiger partial charge is 0.490 e. The summed E-state index contributed by atoms with van der Waals surface area (Å²) in [4.78, 5) is 44.4. The lowest BCUT2D eigenvalue weighted by molar-refractivity contribution is 0.0691. The summed E-state index contributed by atoms with van der Waals surface area (Å²) in [5.74, 6) is -0.633. The van der Waals surface area contributed by atoms with Gasteiger partial charge in [0.2, 0.25) is 0 Å². The summed E-state index contributed by atoms with van der Waals surface area (Å²) in [5, 5.41) is 15.9. The van der Waals surface area contributed by atoms with Gasteiger partial charge in [-0.3, -0.25) is 9.59 Å². The molecule has 0 radical (unpaired) electrons. The van der Waals surface area contributed by atoms with Crippen molar-refractivity contribution in [3.05, 3.63) is 81.7 Å². The third kappa shape index (κ3) is 5.91. The van der Waals surface area contributed by atoms with Crippen LogP contribution in [0.25, 0.3) is 16.0 Å². The van der Waals surface area contributed by atoms with Crippen molar-refractivity contribution in [1.29, 1.82) is 0 Å². The van der Waals surface area contributed by atoms with Crippen LogP contribution < -0.4 is 21.1 Å². The van der Waals surface area contributed by atoms with E-state index >= 15 is 0 Å². The van der Waals surface area contributed by atoms with Crippen molar-refractivity contribution in [3.63, 3.8) is 0 Å². The number of carbonyl (C=O) groups is 3. The minimum atomic E-state index is -1.31. The van der Waals surface area contributed by atoms with E-state index in [1.54, 1.807) is 23.9 Å². The number of nitrogens with one attached hydrogen (secondary N) is 2. The van der Waals surface area contributed by atoms with Crippen molar-refractivity contribution in [3.8, 4) is 16.9 Å². The molecule has 1 aromatic heterocycles. The van der Waals surface area contributed by atoms with Crippen LogP contribution in [0.5, 0.6) is 5.75 Å². The number of rotatable bonds is 8. The number of carboxylic acids is 1. The quantitative estimate of drug-likeness (QED) is 0.266. The highest BCUT2D eigenvalue weighted by atomic mass is 32.2. The molecule has 0 aliphatic carbocycles. The Hall–Kier alpha value is -4.15. The summed E-state index contributed by atoms with van der Waals surface area (Å²) in [6.45, 7) is 6.64. The van der Waals surface area contributed by atoms with E-state index in [1.165, 1.54) is 17.7 Å². The molecular formula is C32H34N4O5S. The molecule has 0 saturated carbocycles. The molecule has 0 fully saturated rings. The van der Waals surface area contributed by atoms with Crippen LogP contribution in [0.1, 0.15) is 81.1 Å². The molecule has 5 rings (SSSR count). The minimum absolute atomic E-state index is 0.0111. The lowest BCUT2D eigenvalue weighted by Gasteiger charge is -2.19. The first-order valence-corrected chi connectivity index (χ1v) is 15.0. The molecule has 9 nitrogen and oxygen atoms in total. The minimum Gasteiger partial charge on any atom is -0.490 e. The number of ether oxygens (including phenoxy) is 1. The number of aryl methyl sites for hydroxylation is 1. The van der Waals surface area contributed by atoms with Gasteiger partial charge in [0.1, 0.15) is 11.4 Å². The van der Waals surface area contributed by atoms with Crippen LogP contribution in [0.2, 0.25) is 0 Å². The van der Waals surface area contributed by atoms with Crippen LogP contribution in [-0.4, -0.2) is 46.3 Å². The van der Waals surface area contributed by atoms with E-state index in [1.807, 2.05) is 39.0 Å². The number of nitrogens with zero attached hydrogens (tertiary/aromatic N) is 1. The number of benzene rings is 2. The Bertz CT molecular complexity index is 1620. The Kier molecular flexibility index (Phi) is 8.65. The number of carbonyl (C=O) groups excluding carboxylic acids is 2. The van der Waals surface area contributed by atoms with Crippen molar-refractivity contribution < 1.29 is 24.2 Å². The van der Waals surface area contributed by atoms with Gasteiger partial charge in [0.05, 0.1) is 6.10 Å². The number of hydrogen-bond acceptors (Lipinski definition) is 7. The topological polar surface area (TPSA) is 144 Å². The van der Waals surface area contributed by atoms with Crippen LogP contribution >= 0.6 is 11.8 Å². The van der Waals surface area contributed by atoms with E-state index in [4.69, 9.17) is 10.5 Å². The van der Waals surface area contributed by atoms with E-state index in [2.05, 4.69) is 15.6 Å². The predicted molar refractivity (Wildman–Crippen MR) is 165 cm³/mol. The van der Waals surface area contributed by atoms with Crippen molar-refractivity contribution >= 4 is 40.1 Å². The van der Waals surface area contributed by atoms with Gasteiger partial charge in [-0.1, -0.05) is 24.6 Å². The molecule has 1 atom stereocenters. The zero-order valence-electron chi connectivity index (χ0n) is 23.9. The molecule has 3 heterocycles. The second-order valence-electron chi connectivity index (χ2n) is 10.5. The zero-order valence-corrected chi connectivity index (χ0v) is 24.7. The smallest absolute Gasteiger partial charge is 0.355 e. The van der Waals surface area contributed by atoms with Gasteiger partial charge in [-0.25, -0.2) is 9.78 Å². The molecule has 2 amide bonds. The maximum Gasteiger partial charge on any atom is 0.355 e. The number of aromatic nitrogens is 1. The zero-order chi connectivity index (χ0) is 30.0. The number of pyridine rings is 1. The molecule has 2 aromatic carbocycles. The average Bonchev–Trinajstić information content (AvgIpc) is 3.38. The second kappa shape index (κ2) is 12.4. The molecule has 10 heteroatoms. The summed E-state index contributed by atoms with van der Waals surface area (Å²) in [6.07, 6.45) is 2.38. The molecular weight excluding hydrogens is 552 g/mol. The third-order valence-electron chi connectivity index (χ3n) is 7.37. The predicted octanol–water partition coefficient (Wildman–Crippen LogP) is 5.63. The molecule has 2 aliphatic rings. The first kappa shape index (κ1) is 29.3. The maximum atomic E-state index is 14.0. The van der Waals surface area contributed by atoms with E-state index in [0.717, 1.165) is 46.6 Å². The van der Waals surface area contributed by atoms with Gasteiger partial charge in [-0.15, -0.1) is 11.8 Å². The summed E-state index contributed by atoms with van der Waals surface area (Å²) >= 11 is 1.74. The Morgan fingerprint density at radius 2 is 1.90 bits per heavy atom. The second-order valence-corrected chi connectivity index (χ2v) is 11.6. The summed E-state index contributed by atoms with van der Waals surface area (Å²) < 4.78 is 6.33. The van der Waals surface area contributed by atoms with E-state index in [0.29, 0.717) is 30.1 Å². The average molecular weight is 587 g/mol. The van der Waals surface area contributed by atoms with Crippen LogP contribution in [0.4, 0.5) is 5.69 Å². The van der Waals surface area contributed by atoms with Crippen LogP contribution in [0, 0.1) is 6.92 Å². The first-order chi connectivity index (χ1) is 20.2. The van der Waals surface area contributed by atoms with Gasteiger partial charge < -0.3 is 26.2 Å². The fourth-order valence-corrected chi connectivity index (χ4v) is 6.56. The number of hydrogen-bond donors (Lipinski definition) is 4. The number of thioether (sulfide) groups is 1. The first-order valence-electron chi connectivity index (χ1n) is 14.0. The molecule has 0 bridgehead atoms. The van der Waals surface area contributed by atoms with Crippen molar-refractivity contribution in [2.45, 2.75) is 52.7 Å². The normalized spacial score (nSPS) is 15.8. The Morgan fingerprint density at radius 1 is 1.10 bits per heavy atom. The third-order valence-corrected chi connectivity index (χ3v) is 8.58. The fraction of sp³-hybridized carbons (Fsp3) is 0.312. The number of fused-ring (bicyclic) bond motifs is 2. The lowest BCUT2D eigenvalue weighted by Crippen LogP contribution is -2.25. The number of aromatic carboxylic acids is 1. The Morgan fingerprint density at radius 3 is 2.62 bits per heavy atom. The number of nitrogens with two attached hydrogens (primary N) is 1. The van der Waals surface area contributed by atoms with E-state index < -0.39 is 17.8 Å². The van der Waals surface area contributed by atoms with Crippen molar-refractivity contribution in [1.82, 2.24) is 10.3 Å². The standard InChI is InChI=1S/C32H34N4O5S/c1-4-10-34-31(38)26-8-6-21(28(35-26)32(39)40)22-15-27-24(29-20(9-11-42-29)13-18(3)41-27)14-23(22)30(37)36-25-7-5-19(16-33)12-17(25)2/h5-8,12,14-15,18H,4,9-11,13,16,33H2,1-3H3,(H,34,38)(H,36,37)(H,39,40)/t18-/m0/s1. The fourth-order valence-electron chi connectivity index (χ4n) is 5.30. The van der Waals surface area contributed by atoms with Gasteiger partial charge >= 0.3 is 5.97 Å². The highest BCUT2D eigenvalue weighted by molar-refractivity contribution is 8.08. The summed E-state index contributed by atoms with van der Waals surface area (Å²) in [5.41, 5.74) is 10.8. The molecule has 0 saturated heterocycles. The maximum absolute atomic E-state index is 14.0. The Balaban J connectivity index is 1.67. The van der Waals surface area contributed by atoms with Gasteiger partial charge in [-0.05, 0) is 68.1 Å². The SMILES string of the molecule is CCCNC(=O)c1ccc(-c2cc3c(cc2C(=O)Nc2ccc(CN)cc2C)C2=C(CCS2)C[C@H](C)O3)c(C(=O)O)n1. The highest BCUT2D eigenvalue weighted by Crippen LogP contribution is 2.48. The van der Waals surface area contributed by atoms with Gasteiger partial charge in [0.25, 0.3) is 11.8 Å². The molecule has 0 unspecified atom stereocenters. The molecule has 3 aromatic rings. The van der Waals surface area contributed by atoms with Gasteiger partial charge in [0.15, 0.2) is 5.69 Å². The Labute approximate surface area is 248 Å². The van der Waals surface area contributed by atoms with Crippen molar-refractivity contribution in [2.75, 3.05) is 17.6 Å². The molecule has 2 aliphatic heterocycles. The van der Waals surface area contributed by atoms with E-state index in [-0.39, 0.29) is 28.6 Å². The van der Waals surface area contributed by atoms with Crippen LogP contribution in [0.3, 0.4) is 0 Å². The highest BCUT2D eigenvalue weighted by Gasteiger charge is 2.30. The van der Waals surface area contributed by atoms with Gasteiger partial charge in [0, 0.05) is 58.1 Å². The summed E-state index contributed by atoms with van der Waals surface area (Å²) in [7, 11) is 0. The van der Waals surface area contributed by atoms with Crippen LogP contribution in [0.15, 0.2) is 48.0 Å². The van der Waals surface area contributed by atoms with Crippen LogP contribution in [-0.2, 0) is 6.54 Å². The molecule has 0 spiro atoms.